The SMILES string of the molecule is C[C@H]1c2c(/C=C/C(=O)NC(C)(C)C)ccc(O)c2C(O)=C2C(=O)[C@]3(O)C(O)=C(C(N)=O)C(=O)[C@@H](N(C)C)[C@@H]3[C@@H](O)[C@@H]21. The van der Waals surface area contributed by atoms with E-state index in [-0.39, 0.29) is 5.56 Å². The number of nitrogens with one attached hydrogen (secondary N) is 1. The summed E-state index contributed by atoms with van der Waals surface area (Å²) in [6.45, 7) is 7.06. The van der Waals surface area contributed by atoms with Crippen molar-refractivity contribution >= 4 is 35.2 Å². The minimum Gasteiger partial charge on any atom is -0.508 e. The van der Waals surface area contributed by atoms with Gasteiger partial charge in [0, 0.05) is 23.1 Å². The molecule has 41 heavy (non-hydrogen) atoms. The summed E-state index contributed by atoms with van der Waals surface area (Å²) in [6, 6.07) is 1.33. The quantitative estimate of drug-likeness (QED) is 0.196. The number of ketones is 2. The van der Waals surface area contributed by atoms with Crippen LogP contribution in [0.4, 0.5) is 0 Å². The number of aromatic hydroxyl groups is 1. The van der Waals surface area contributed by atoms with E-state index in [1.165, 1.54) is 43.3 Å². The molecule has 0 bridgehead atoms. The third kappa shape index (κ3) is 4.42. The maximum Gasteiger partial charge on any atom is 0.255 e. The molecule has 6 atom stereocenters. The minimum absolute atomic E-state index is 0.153. The smallest absolute Gasteiger partial charge is 0.255 e. The molecule has 4 rings (SSSR count). The molecule has 0 radical (unpaired) electrons. The number of rotatable bonds is 4. The van der Waals surface area contributed by atoms with Gasteiger partial charge in [0.25, 0.3) is 5.91 Å². The second kappa shape index (κ2) is 9.82. The van der Waals surface area contributed by atoms with Crippen LogP contribution in [0.25, 0.3) is 11.8 Å². The van der Waals surface area contributed by atoms with Gasteiger partial charge < -0.3 is 36.6 Å². The van der Waals surface area contributed by atoms with Crippen LogP contribution < -0.4 is 11.1 Å². The van der Waals surface area contributed by atoms with Gasteiger partial charge in [-0.3, -0.25) is 24.1 Å². The van der Waals surface area contributed by atoms with Crippen LogP contribution in [-0.4, -0.2) is 91.2 Å². The van der Waals surface area contributed by atoms with Gasteiger partial charge in [-0.05, 0) is 64.1 Å². The van der Waals surface area contributed by atoms with Crippen LogP contribution >= 0.6 is 0 Å². The number of aliphatic hydroxyl groups excluding tert-OH is 3. The first kappa shape index (κ1) is 30.0. The largest absolute Gasteiger partial charge is 0.508 e. The van der Waals surface area contributed by atoms with Crippen LogP contribution in [0.5, 0.6) is 5.75 Å². The van der Waals surface area contributed by atoms with Gasteiger partial charge >= 0.3 is 0 Å². The molecule has 12 heteroatoms. The van der Waals surface area contributed by atoms with Crippen LogP contribution in [0.2, 0.25) is 0 Å². The number of phenolic OH excluding ortho intramolecular Hbond substituents is 1. The summed E-state index contributed by atoms with van der Waals surface area (Å²) in [6.07, 6.45) is 1.04. The Labute approximate surface area is 236 Å². The molecule has 0 spiro atoms. The highest BCUT2D eigenvalue weighted by molar-refractivity contribution is 6.24. The Morgan fingerprint density at radius 3 is 2.27 bits per heavy atom. The van der Waals surface area contributed by atoms with E-state index in [2.05, 4.69) is 5.32 Å². The van der Waals surface area contributed by atoms with Crippen LogP contribution in [0.3, 0.4) is 0 Å². The van der Waals surface area contributed by atoms with Gasteiger partial charge in [-0.2, -0.15) is 0 Å². The predicted molar refractivity (Wildman–Crippen MR) is 147 cm³/mol. The van der Waals surface area contributed by atoms with E-state index in [1.54, 1.807) is 6.92 Å². The van der Waals surface area contributed by atoms with Crippen molar-refractivity contribution in [3.8, 4) is 5.75 Å². The van der Waals surface area contributed by atoms with Crippen molar-refractivity contribution in [3.05, 3.63) is 51.8 Å². The first-order chi connectivity index (χ1) is 18.9. The van der Waals surface area contributed by atoms with Crippen LogP contribution in [0.15, 0.2) is 35.1 Å². The lowest BCUT2D eigenvalue weighted by molar-refractivity contribution is -0.169. The second-order valence-electron chi connectivity index (χ2n) is 12.1. The normalized spacial score (nSPS) is 29.9. The molecule has 1 aromatic carbocycles. The Hall–Kier alpha value is -4.00. The number of hydrogen-bond donors (Lipinski definition) is 7. The van der Waals surface area contributed by atoms with Crippen molar-refractivity contribution in [2.24, 2.45) is 17.6 Å². The van der Waals surface area contributed by atoms with Gasteiger partial charge in [-0.25, -0.2) is 0 Å². The number of aliphatic hydroxyl groups is 4. The van der Waals surface area contributed by atoms with E-state index in [4.69, 9.17) is 5.73 Å². The van der Waals surface area contributed by atoms with Gasteiger partial charge in [0.15, 0.2) is 11.4 Å². The molecule has 2 amide bonds. The van der Waals surface area contributed by atoms with E-state index >= 15 is 0 Å². The Balaban J connectivity index is 1.97. The zero-order valence-electron chi connectivity index (χ0n) is 23.6. The van der Waals surface area contributed by atoms with Crippen molar-refractivity contribution in [1.82, 2.24) is 10.2 Å². The van der Waals surface area contributed by atoms with Crippen LogP contribution in [0, 0.1) is 11.8 Å². The Kier molecular flexibility index (Phi) is 7.18. The number of benzene rings is 1. The maximum absolute atomic E-state index is 14.0. The zero-order chi connectivity index (χ0) is 30.9. The number of hydrogen-bond acceptors (Lipinski definition) is 10. The number of likely N-dealkylation sites (N-methyl/N-ethyl adjacent to an activating group) is 1. The Morgan fingerprint density at radius 2 is 1.73 bits per heavy atom. The fourth-order valence-electron chi connectivity index (χ4n) is 6.45. The van der Waals surface area contributed by atoms with Crippen molar-refractivity contribution in [2.45, 2.75) is 56.9 Å². The van der Waals surface area contributed by atoms with Crippen LogP contribution in [-0.2, 0) is 19.2 Å². The molecule has 8 N–H and O–H groups in total. The highest BCUT2D eigenvalue weighted by atomic mass is 16.4. The fourth-order valence-corrected chi connectivity index (χ4v) is 6.45. The number of amides is 2. The molecule has 0 saturated heterocycles. The van der Waals surface area contributed by atoms with Gasteiger partial charge in [-0.15, -0.1) is 0 Å². The molecule has 3 aliphatic rings. The van der Waals surface area contributed by atoms with E-state index in [0.29, 0.717) is 11.1 Å². The van der Waals surface area contributed by atoms with E-state index < -0.39 is 92.8 Å². The molecule has 220 valence electrons. The molecule has 0 heterocycles. The van der Waals surface area contributed by atoms with Crippen LogP contribution in [0.1, 0.15) is 50.3 Å². The summed E-state index contributed by atoms with van der Waals surface area (Å²) in [5.74, 6) is -10.1. The number of fused-ring (bicyclic) bond motifs is 3. The van der Waals surface area contributed by atoms with E-state index in [0.717, 1.165) is 0 Å². The average molecular weight is 570 g/mol. The Morgan fingerprint density at radius 1 is 1.12 bits per heavy atom. The van der Waals surface area contributed by atoms with E-state index in [1.807, 2.05) is 20.8 Å². The molecule has 1 aromatic rings. The standard InChI is InChI=1S/C29H35N3O9/c1-11-15-12(8-10-14(34)31-28(2,3)4)7-9-13(33)17(15)22(35)18-16(11)23(36)20-21(32(5)6)24(37)19(27(30)40)26(39)29(20,41)25(18)38/h7-11,16,20-21,23,33,35-36,39,41H,1-6H3,(H2,30,40)(H,31,34)/b10-8+/t11-,16+,20+,21-,23-,29-/m0/s1. The number of phenols is 1. The first-order valence-electron chi connectivity index (χ1n) is 13.0. The molecule has 1 fully saturated rings. The predicted octanol–water partition coefficient (Wildman–Crippen LogP) is 0.424. The molecular formula is C29H35N3O9. The fraction of sp³-hybridized carbons (Fsp3) is 0.448. The lowest BCUT2D eigenvalue weighted by Gasteiger charge is -2.53. The van der Waals surface area contributed by atoms with Gasteiger partial charge in [0.1, 0.15) is 22.8 Å². The average Bonchev–Trinajstić information content (AvgIpc) is 2.84. The van der Waals surface area contributed by atoms with E-state index in [9.17, 15) is 44.7 Å². The second-order valence-corrected chi connectivity index (χ2v) is 12.1. The topological polar surface area (TPSA) is 211 Å². The third-order valence-electron chi connectivity index (χ3n) is 8.05. The summed E-state index contributed by atoms with van der Waals surface area (Å²) in [5.41, 5.74) is 0.942. The van der Waals surface area contributed by atoms with Crippen molar-refractivity contribution < 1.29 is 44.7 Å². The number of nitrogens with zero attached hydrogens (tertiary/aromatic N) is 1. The summed E-state index contributed by atoms with van der Waals surface area (Å²) >= 11 is 0. The number of primary amides is 1. The molecule has 3 aliphatic carbocycles. The number of carbonyl (C=O) groups is 4. The van der Waals surface area contributed by atoms with Crippen molar-refractivity contribution in [3.63, 3.8) is 0 Å². The number of nitrogens with two attached hydrogens (primary N) is 1. The maximum atomic E-state index is 14.0. The monoisotopic (exact) mass is 569 g/mol. The number of Topliss-reactive ketones (excluding diaryl/α,β-unsaturated/α-hetero) is 2. The lowest BCUT2D eigenvalue weighted by atomic mass is 9.54. The third-order valence-corrected chi connectivity index (χ3v) is 8.05. The first-order valence-corrected chi connectivity index (χ1v) is 13.0. The highest BCUT2D eigenvalue weighted by Crippen LogP contribution is 2.56. The Bertz CT molecular complexity index is 1470. The summed E-state index contributed by atoms with van der Waals surface area (Å²) in [4.78, 5) is 53.2. The van der Waals surface area contributed by atoms with Crippen molar-refractivity contribution in [2.75, 3.05) is 14.1 Å². The molecule has 12 nitrogen and oxygen atoms in total. The number of carbonyl (C=O) groups excluding carboxylic acids is 4. The van der Waals surface area contributed by atoms with Gasteiger partial charge in [0.2, 0.25) is 11.7 Å². The zero-order valence-corrected chi connectivity index (χ0v) is 23.6. The highest BCUT2D eigenvalue weighted by Gasteiger charge is 2.68. The van der Waals surface area contributed by atoms with Gasteiger partial charge in [-0.1, -0.05) is 13.0 Å². The minimum atomic E-state index is -2.98. The lowest BCUT2D eigenvalue weighted by Crippen LogP contribution is -2.70. The molecule has 1 saturated carbocycles. The van der Waals surface area contributed by atoms with Crippen molar-refractivity contribution in [1.29, 1.82) is 0 Å². The molecule has 0 aromatic heterocycles. The van der Waals surface area contributed by atoms with Gasteiger partial charge in [0.05, 0.1) is 23.6 Å². The summed E-state index contributed by atoms with van der Waals surface area (Å²) < 4.78 is 0. The summed E-state index contributed by atoms with van der Waals surface area (Å²) in [7, 11) is 2.88. The molecule has 0 aliphatic heterocycles. The molecular weight excluding hydrogens is 534 g/mol. The summed E-state index contributed by atoms with van der Waals surface area (Å²) in [5, 5.41) is 59.4. The molecule has 0 unspecified atom stereocenters.